The number of carboxylic acids is 1. The Morgan fingerprint density at radius 2 is 0.915 bits per heavy atom. The molecule has 3 heterocycles. The average molecular weight is 1240 g/mol. The Morgan fingerprint density at radius 3 is 1.37 bits per heavy atom. The van der Waals surface area contributed by atoms with Crippen LogP contribution in [0.1, 0.15) is 0 Å². The van der Waals surface area contributed by atoms with Gasteiger partial charge in [-0.05, 0) is 0 Å². The standard InChI is InChI=1S/C18H32N2O42S9/c21-15(22)13-11(44-17-6(20-64-58-52-25)10(48-67-61-55-28)8(46-65-59-53-26)4(42-17)2-40-70(33,34)35)12(49-68-62-56-29)14(50-71(36,37)38)18(45-13)43-7-3(1-39-69(30,31)32)41-16(23)5(19-63-57-51-24)9(7)47-66-60-54-27/h3-14,16-20,23-29H,1-2H2,(H,21,22)(H,30,31,32)(H,33,34,35)(H,36,37,38)/t3?,4?,5?,6?,7-,8-,9+,10+,11+,12-,13?,14?,16+,17-,18-/m1/s1. The van der Waals surface area contributed by atoms with Crippen LogP contribution in [0, 0.1) is 0 Å². The van der Waals surface area contributed by atoms with Crippen LogP contribution in [-0.2, 0) is 145 Å². The van der Waals surface area contributed by atoms with Crippen LogP contribution in [0.4, 0.5) is 0 Å². The van der Waals surface area contributed by atoms with Crippen molar-refractivity contribution in [2.24, 2.45) is 0 Å². The van der Waals surface area contributed by atoms with Gasteiger partial charge in [0.25, 0.3) is 0 Å². The van der Waals surface area contributed by atoms with Gasteiger partial charge in [0.05, 0.1) is 13.2 Å². The first-order valence-electron chi connectivity index (χ1n) is 16.7. The summed E-state index contributed by atoms with van der Waals surface area (Å²) in [5.74, 6) is -2.18. The van der Waals surface area contributed by atoms with Crippen molar-refractivity contribution < 1.29 is 195 Å². The number of aliphatic carboxylic acids is 1. The molecule has 0 radical (unpaired) electrons. The van der Waals surface area contributed by atoms with Gasteiger partial charge in [-0.1, -0.05) is 30.2 Å². The Bertz CT molecular complexity index is 1850. The number of nitrogens with one attached hydrogen (secondary N) is 2. The first-order valence-corrected chi connectivity index (χ1v) is 24.9. The van der Waals surface area contributed by atoms with Gasteiger partial charge in [-0.15, -0.1) is 26.0 Å². The maximum Gasteiger partial charge on any atom is 0.397 e. The Labute approximate surface area is 418 Å². The topological polar surface area (TPSA) is 588 Å². The molecule has 0 aliphatic carbocycles. The minimum Gasteiger partial charge on any atom is -0.479 e. The zero-order valence-electron chi connectivity index (χ0n) is 32.8. The van der Waals surface area contributed by atoms with Gasteiger partial charge in [0, 0.05) is 0 Å². The van der Waals surface area contributed by atoms with E-state index in [-0.39, 0.29) is 61.4 Å². The molecule has 3 saturated heterocycles. The van der Waals surface area contributed by atoms with Gasteiger partial charge in [0.15, 0.2) is 80.4 Å². The lowest BCUT2D eigenvalue weighted by molar-refractivity contribution is -0.436. The fourth-order valence-electron chi connectivity index (χ4n) is 5.68. The van der Waals surface area contributed by atoms with Crippen molar-refractivity contribution in [3.63, 3.8) is 0 Å². The van der Waals surface area contributed by atoms with Gasteiger partial charge in [0.2, 0.25) is 0 Å². The summed E-state index contributed by atoms with van der Waals surface area (Å²) in [5, 5.41) is 94.3. The summed E-state index contributed by atoms with van der Waals surface area (Å²) < 4.78 is 193. The van der Waals surface area contributed by atoms with Gasteiger partial charge in [0.1, 0.15) is 85.4 Å². The second-order valence-corrected chi connectivity index (χ2v) is 18.0. The number of aliphatic hydroxyl groups is 1. The highest BCUT2D eigenvalue weighted by Crippen LogP contribution is 2.40. The van der Waals surface area contributed by atoms with E-state index in [1.165, 1.54) is 0 Å². The van der Waals surface area contributed by atoms with Crippen molar-refractivity contribution in [3.05, 3.63) is 0 Å². The predicted molar refractivity (Wildman–Crippen MR) is 205 cm³/mol. The highest BCUT2D eigenvalue weighted by molar-refractivity contribution is 7.93. The number of rotatable bonds is 37. The van der Waals surface area contributed by atoms with E-state index in [0.717, 1.165) is 0 Å². The van der Waals surface area contributed by atoms with Gasteiger partial charge in [-0.25, -0.2) is 58.3 Å². The molecular formula is C18H32N2O42S9. The number of carbonyl (C=O) groups is 1. The third-order valence-electron chi connectivity index (χ3n) is 7.96. The number of aliphatic hydroxyl groups excluding tert-OH is 1. The molecular weight excluding hydrogens is 1200 g/mol. The van der Waals surface area contributed by atoms with E-state index in [1.807, 2.05) is 0 Å². The molecule has 3 aliphatic rings. The minimum atomic E-state index is -5.94. The lowest BCUT2D eigenvalue weighted by Crippen LogP contribution is -2.69. The van der Waals surface area contributed by atoms with E-state index in [9.17, 15) is 53.9 Å². The van der Waals surface area contributed by atoms with Crippen LogP contribution in [0.25, 0.3) is 0 Å². The first kappa shape index (κ1) is 65.3. The summed E-state index contributed by atoms with van der Waals surface area (Å²) in [5.41, 5.74) is 0. The minimum absolute atomic E-state index is 0.0527. The molecule has 3 aliphatic heterocycles. The molecule has 0 bridgehead atoms. The smallest absolute Gasteiger partial charge is 0.397 e. The van der Waals surface area contributed by atoms with E-state index in [4.69, 9.17) is 76.1 Å². The van der Waals surface area contributed by atoms with Crippen LogP contribution >= 0.6 is 73.8 Å². The molecule has 0 amide bonds. The van der Waals surface area contributed by atoms with E-state index >= 15 is 0 Å². The molecule has 0 aromatic carbocycles. The second kappa shape index (κ2) is 33.3. The van der Waals surface area contributed by atoms with Gasteiger partial charge >= 0.3 is 37.2 Å². The van der Waals surface area contributed by atoms with E-state index in [1.54, 1.807) is 0 Å². The fraction of sp³-hybridized carbons (Fsp3) is 0.944. The zero-order chi connectivity index (χ0) is 52.8. The lowest BCUT2D eigenvalue weighted by Gasteiger charge is -2.49. The first-order chi connectivity index (χ1) is 33.6. The molecule has 15 atom stereocenters. The molecule has 71 heavy (non-hydrogen) atoms. The Hall–Kier alpha value is -0.0200. The van der Waals surface area contributed by atoms with Crippen LogP contribution in [0.5, 0.6) is 0 Å². The monoisotopic (exact) mass is 1240 g/mol. The van der Waals surface area contributed by atoms with Gasteiger partial charge < -0.3 is 33.9 Å². The molecule has 3 fully saturated rings. The number of carboxylic acid groups (broad SMARTS) is 1. The molecule has 0 saturated carbocycles. The van der Waals surface area contributed by atoms with Crippen molar-refractivity contribution in [3.8, 4) is 0 Å². The van der Waals surface area contributed by atoms with E-state index < -0.39 is 155 Å². The largest absolute Gasteiger partial charge is 0.479 e. The lowest BCUT2D eigenvalue weighted by atomic mass is 9.95. The summed E-state index contributed by atoms with van der Waals surface area (Å²) >= 11 is -1.51. The summed E-state index contributed by atoms with van der Waals surface area (Å²) in [4.78, 5) is 13.1. The van der Waals surface area contributed by atoms with Crippen molar-refractivity contribution in [1.82, 2.24) is 9.44 Å². The molecule has 0 aromatic heterocycles. The van der Waals surface area contributed by atoms with Crippen LogP contribution in [-0.4, -0.2) is 192 Å². The molecule has 3 rings (SSSR count). The number of ether oxygens (including phenoxy) is 5. The van der Waals surface area contributed by atoms with Crippen molar-refractivity contribution in [2.45, 2.75) is 92.0 Å². The van der Waals surface area contributed by atoms with Gasteiger partial charge in [-0.2, -0.15) is 25.3 Å². The fourth-order valence-corrected chi connectivity index (χ4v) is 9.13. The van der Waals surface area contributed by atoms with Crippen LogP contribution in [0.15, 0.2) is 0 Å². The molecule has 0 spiro atoms. The number of hydrogen-bond donors (Lipinski definition) is 13. The quantitative estimate of drug-likeness (QED) is 0.00746. The van der Waals surface area contributed by atoms with Crippen LogP contribution in [0.2, 0.25) is 0 Å². The van der Waals surface area contributed by atoms with Crippen LogP contribution in [0.3, 0.4) is 0 Å². The molecule has 53 heteroatoms. The Balaban J connectivity index is 2.28. The average Bonchev–Trinajstić information content (AvgIpc) is 3.28. The highest BCUT2D eigenvalue weighted by Gasteiger charge is 2.60. The maximum absolute atomic E-state index is 13.1. The summed E-state index contributed by atoms with van der Waals surface area (Å²) in [6.45, 7) is -2.78. The summed E-state index contributed by atoms with van der Waals surface area (Å²) in [6, 6.07) is -3.87. The maximum atomic E-state index is 13.1. The zero-order valence-corrected chi connectivity index (χ0v) is 40.2. The van der Waals surface area contributed by atoms with Crippen LogP contribution < -0.4 is 9.44 Å². The molecule has 0 aromatic rings. The van der Waals surface area contributed by atoms with Crippen molar-refractivity contribution >= 4 is 111 Å². The molecule has 13 N–H and O–H groups in total. The number of hydrogen-bond acceptors (Lipinski definition) is 46. The van der Waals surface area contributed by atoms with E-state index in [0.29, 0.717) is 0 Å². The Morgan fingerprint density at radius 1 is 0.493 bits per heavy atom. The van der Waals surface area contributed by atoms with E-state index in [2.05, 4.69) is 74.0 Å². The second-order valence-electron chi connectivity index (χ2n) is 11.8. The molecule has 420 valence electrons. The SMILES string of the molecule is O=C(O)C1O[C@@H](O[C@@H]2C(COS(=O)(=O)O)O[C@H](O)C(NSOOO)[C@@H]2OSOOO)C(OS(=O)(=O)O)[C@H](OSOOO)[C@@H]1O[C@H]1OC(COS(=O)(=O)O)[C@@H](OSOOO)[C@@H](OSOOO)C1NSOOO. The predicted octanol–water partition coefficient (Wildman–Crippen LogP) is -2.80. The Kier molecular flexibility index (Phi) is 30.6. The van der Waals surface area contributed by atoms with Gasteiger partial charge in [-0.3, -0.25) is 30.4 Å². The highest BCUT2D eigenvalue weighted by atomic mass is 32.3. The molecule has 6 unspecified atom stereocenters. The normalized spacial score (nSPS) is 32.0. The third kappa shape index (κ3) is 22.8. The molecule has 44 nitrogen and oxygen atoms in total. The summed E-state index contributed by atoms with van der Waals surface area (Å²) in [6.07, 6.45) is -30.8. The third-order valence-corrected chi connectivity index (χ3v) is 12.0. The van der Waals surface area contributed by atoms with Crippen molar-refractivity contribution in [1.29, 1.82) is 0 Å². The summed E-state index contributed by atoms with van der Waals surface area (Å²) in [7, 11) is -16.8. The van der Waals surface area contributed by atoms with Crippen molar-refractivity contribution in [2.75, 3.05) is 13.2 Å².